The molecule has 5 saturated heterocycles. The van der Waals surface area contributed by atoms with Crippen LogP contribution in [0.15, 0.2) is 0 Å². The zero-order valence-electron chi connectivity index (χ0n) is 48.9. The molecule has 5 aliphatic heterocycles. The Kier molecular flexibility index (Phi) is 27.8. The standard InChI is InChI=1S/C50H84N4O36/c1-14-30(69)35(74)36(75)45(82-14)87-42-29(54-18(5)63)44(85-38(19(8-55)51-15(2)60)33(72)24(68)13-81-49(47(77)78)6-20(64)27(52-16(3)61)40(88-49)31(70)22(66)9-56)84-26(12-59)39(42)86-46-37(76)43(34(73)25(11-58)83-46)90-50(48(79)80)7-21(65)28(53-17(4)62)41(89-50)32(71)23(67)10-57/h14,19-46,55-59,64-76H,6-13H2,1-5H3,(H,51,60)(H,52,61)(H,53,62)(H,54,63)(H,77,78)(H,79,80)/t14-,19-,20-,21-,22+,23+,24+,25+,26+,27+,28+,29+,30+,31+,32+,33-,34-,35+,36-,37+,38+,39+,40+,41+,42+,43-,44-,45-,46-,49+,50-/m0/s1. The zero-order chi connectivity index (χ0) is 67.8. The Balaban J connectivity index is 1.58. The van der Waals surface area contributed by atoms with Crippen molar-refractivity contribution in [2.75, 3.05) is 39.6 Å². The number of nitrogens with one attached hydrogen (secondary N) is 4. The van der Waals surface area contributed by atoms with Gasteiger partial charge in [0.15, 0.2) is 18.9 Å². The van der Waals surface area contributed by atoms with Crippen LogP contribution < -0.4 is 21.3 Å². The maximum atomic E-state index is 13.3. The minimum atomic E-state index is -3.31. The van der Waals surface area contributed by atoms with E-state index in [1.54, 1.807) is 0 Å². The molecule has 90 heavy (non-hydrogen) atoms. The second-order valence-electron chi connectivity index (χ2n) is 22.3. The van der Waals surface area contributed by atoms with Gasteiger partial charge in [-0.1, -0.05) is 0 Å². The van der Waals surface area contributed by atoms with Gasteiger partial charge in [-0.15, -0.1) is 0 Å². The summed E-state index contributed by atoms with van der Waals surface area (Å²) in [6.45, 7) is -2.57. The summed E-state index contributed by atoms with van der Waals surface area (Å²) in [5.74, 6) is -14.4. The van der Waals surface area contributed by atoms with Crippen molar-refractivity contribution < 1.29 is 178 Å². The van der Waals surface area contributed by atoms with E-state index in [4.69, 9.17) is 47.4 Å². The van der Waals surface area contributed by atoms with E-state index in [-0.39, 0.29) is 0 Å². The predicted molar refractivity (Wildman–Crippen MR) is 281 cm³/mol. The monoisotopic (exact) mass is 1320 g/mol. The zero-order valence-corrected chi connectivity index (χ0v) is 48.9. The molecule has 0 aromatic heterocycles. The molecule has 0 radical (unpaired) electrons. The normalized spacial score (nSPS) is 40.1. The Morgan fingerprint density at radius 1 is 0.522 bits per heavy atom. The van der Waals surface area contributed by atoms with Crippen LogP contribution in [0.2, 0.25) is 0 Å². The molecule has 0 bridgehead atoms. The number of carbonyl (C=O) groups is 6. The van der Waals surface area contributed by atoms with E-state index in [0.717, 1.165) is 27.7 Å². The Morgan fingerprint density at radius 2 is 0.989 bits per heavy atom. The van der Waals surface area contributed by atoms with Crippen LogP contribution >= 0.6 is 0 Å². The summed E-state index contributed by atoms with van der Waals surface area (Å²) in [5, 5.41) is 227. The van der Waals surface area contributed by atoms with Gasteiger partial charge in [0, 0.05) is 40.5 Å². The molecule has 24 N–H and O–H groups in total. The fourth-order valence-corrected chi connectivity index (χ4v) is 11.0. The molecule has 40 nitrogen and oxygen atoms in total. The summed E-state index contributed by atoms with van der Waals surface area (Å²) in [7, 11) is 0. The van der Waals surface area contributed by atoms with Crippen LogP contribution in [-0.4, -0.2) is 366 Å². The van der Waals surface area contributed by atoms with E-state index in [1.165, 1.54) is 6.92 Å². The van der Waals surface area contributed by atoms with Crippen molar-refractivity contribution in [3.63, 3.8) is 0 Å². The summed E-state index contributed by atoms with van der Waals surface area (Å²) >= 11 is 0. The fraction of sp³-hybridized carbons (Fsp3) is 0.880. The van der Waals surface area contributed by atoms with Crippen LogP contribution in [0.5, 0.6) is 0 Å². The quantitative estimate of drug-likeness (QED) is 0.0331. The first kappa shape index (κ1) is 76.4. The van der Waals surface area contributed by atoms with Gasteiger partial charge in [0.2, 0.25) is 23.6 Å². The van der Waals surface area contributed by atoms with Crippen LogP contribution in [0.1, 0.15) is 47.5 Å². The highest BCUT2D eigenvalue weighted by molar-refractivity contribution is 5.77. The van der Waals surface area contributed by atoms with E-state index in [1.807, 2.05) is 0 Å². The first-order chi connectivity index (χ1) is 42.1. The van der Waals surface area contributed by atoms with Crippen molar-refractivity contribution in [3.8, 4) is 0 Å². The van der Waals surface area contributed by atoms with E-state index in [9.17, 15) is 131 Å². The van der Waals surface area contributed by atoms with Gasteiger partial charge in [-0.2, -0.15) is 0 Å². The molecule has 0 aromatic rings. The predicted octanol–water partition coefficient (Wildman–Crippen LogP) is -14.5. The average molecular weight is 1320 g/mol. The van der Waals surface area contributed by atoms with Crippen LogP contribution in [0.4, 0.5) is 0 Å². The SMILES string of the molecule is CC(=O)N[C@H]1[C@H](O[C@@H]([C@@H](O)[C@H](O)CO[C@]2(C(=O)O)C[C@H](O)[C@@H](NC(C)=O)[C@H]([C@H](O)[C@H](O)CO)O2)[C@H](CO)NC(C)=O)O[C@H](CO)[C@@H](O[C@@H]2O[C@H](CO)[C@H](O)[C@H](O[C@]3(C(=O)O)C[C@H](O)[C@@H](NC(C)=O)[C@H]([C@H](O)[C@H](O)CO)O3)[C@H]2O)[C@@H]1O[C@@H]1O[C@@H](C)[C@@H](O)[C@@H](O)[C@@H]1O. The van der Waals surface area contributed by atoms with Crippen LogP contribution in [0.3, 0.4) is 0 Å². The lowest BCUT2D eigenvalue weighted by molar-refractivity contribution is -0.393. The molecule has 520 valence electrons. The number of carbonyl (C=O) groups excluding carboxylic acids is 4. The first-order valence-electron chi connectivity index (χ1n) is 28.1. The molecule has 0 unspecified atom stereocenters. The number of rotatable bonds is 29. The average Bonchev–Trinajstić information content (AvgIpc) is 0.843. The third-order valence-corrected chi connectivity index (χ3v) is 15.6. The second kappa shape index (κ2) is 32.7. The molecular formula is C50H84N4O36. The van der Waals surface area contributed by atoms with Crippen molar-refractivity contribution in [1.82, 2.24) is 21.3 Å². The lowest BCUT2D eigenvalue weighted by atomic mass is 9.88. The minimum absolute atomic E-state index is 0.845. The summed E-state index contributed by atoms with van der Waals surface area (Å²) in [6, 6.07) is -7.41. The van der Waals surface area contributed by atoms with Crippen LogP contribution in [-0.2, 0) is 76.1 Å². The number of aliphatic hydroxyl groups excluding tert-OH is 18. The van der Waals surface area contributed by atoms with Crippen LogP contribution in [0.25, 0.3) is 0 Å². The Hall–Kier alpha value is -4.30. The number of ether oxygens (including phenoxy) is 10. The highest BCUT2D eigenvalue weighted by Crippen LogP contribution is 2.40. The van der Waals surface area contributed by atoms with E-state index >= 15 is 0 Å². The molecule has 4 amide bonds. The fourth-order valence-electron chi connectivity index (χ4n) is 11.0. The number of aliphatic hydroxyl groups is 18. The Labute approximate surface area is 510 Å². The number of carboxylic acids is 2. The van der Waals surface area contributed by atoms with Crippen molar-refractivity contribution in [3.05, 3.63) is 0 Å². The van der Waals surface area contributed by atoms with E-state index < -0.39 is 277 Å². The number of hydrogen-bond acceptors (Lipinski definition) is 34. The van der Waals surface area contributed by atoms with Gasteiger partial charge >= 0.3 is 11.9 Å². The smallest absolute Gasteiger partial charge is 0.364 e. The number of amides is 4. The van der Waals surface area contributed by atoms with Gasteiger partial charge in [0.1, 0.15) is 122 Å². The van der Waals surface area contributed by atoms with E-state index in [0.29, 0.717) is 0 Å². The van der Waals surface area contributed by atoms with Crippen LogP contribution in [0, 0.1) is 0 Å². The molecule has 0 spiro atoms. The topological polar surface area (TPSA) is 647 Å². The van der Waals surface area contributed by atoms with Gasteiger partial charge in [-0.25, -0.2) is 9.59 Å². The molecule has 31 atom stereocenters. The third-order valence-electron chi connectivity index (χ3n) is 15.6. The molecule has 0 saturated carbocycles. The third kappa shape index (κ3) is 17.5. The summed E-state index contributed by atoms with van der Waals surface area (Å²) in [5.41, 5.74) is 0. The molecule has 5 fully saturated rings. The molecular weight excluding hydrogens is 1230 g/mol. The Morgan fingerprint density at radius 3 is 1.46 bits per heavy atom. The highest BCUT2D eigenvalue weighted by atomic mass is 16.8. The minimum Gasteiger partial charge on any atom is -0.477 e. The van der Waals surface area contributed by atoms with Gasteiger partial charge in [0.05, 0.1) is 76.1 Å². The van der Waals surface area contributed by atoms with Crippen molar-refractivity contribution in [2.45, 2.75) is 236 Å². The lowest BCUT2D eigenvalue weighted by Crippen LogP contribution is -2.72. The Bertz CT molecular complexity index is 2370. The highest BCUT2D eigenvalue weighted by Gasteiger charge is 2.62. The van der Waals surface area contributed by atoms with Crippen molar-refractivity contribution >= 4 is 35.6 Å². The maximum absolute atomic E-state index is 13.3. The molecule has 0 aliphatic carbocycles. The van der Waals surface area contributed by atoms with Gasteiger partial charge in [-0.05, 0) is 6.92 Å². The molecule has 5 heterocycles. The summed E-state index contributed by atoms with van der Waals surface area (Å²) in [6.07, 6.45) is -56.9. The molecule has 5 aliphatic rings. The van der Waals surface area contributed by atoms with Gasteiger partial charge in [0.25, 0.3) is 11.6 Å². The lowest BCUT2D eigenvalue weighted by Gasteiger charge is -2.52. The summed E-state index contributed by atoms with van der Waals surface area (Å²) in [4.78, 5) is 76.4. The number of aliphatic carboxylic acids is 2. The first-order valence-corrected chi connectivity index (χ1v) is 28.1. The molecule has 0 aromatic carbocycles. The second-order valence-corrected chi connectivity index (χ2v) is 22.3. The molecule has 5 rings (SSSR count). The summed E-state index contributed by atoms with van der Waals surface area (Å²) < 4.78 is 58.5. The maximum Gasteiger partial charge on any atom is 0.364 e. The molecule has 40 heteroatoms. The number of carboxylic acid groups (broad SMARTS) is 2. The number of hydrogen-bond donors (Lipinski definition) is 24. The van der Waals surface area contributed by atoms with Crippen molar-refractivity contribution in [1.29, 1.82) is 0 Å². The van der Waals surface area contributed by atoms with Crippen molar-refractivity contribution in [2.24, 2.45) is 0 Å². The largest absolute Gasteiger partial charge is 0.477 e. The van der Waals surface area contributed by atoms with Gasteiger partial charge in [-0.3, -0.25) is 19.2 Å². The van der Waals surface area contributed by atoms with Gasteiger partial charge < -0.3 is 171 Å². The van der Waals surface area contributed by atoms with E-state index in [2.05, 4.69) is 21.3 Å².